The predicted octanol–water partition coefficient (Wildman–Crippen LogP) is 1.20. The Morgan fingerprint density at radius 1 is 1.14 bits per heavy atom. The molecule has 3 N–H and O–H groups in total. The van der Waals surface area contributed by atoms with Crippen LogP contribution < -0.4 is 15.4 Å². The van der Waals surface area contributed by atoms with Gasteiger partial charge in [0.2, 0.25) is 0 Å². The van der Waals surface area contributed by atoms with Crippen molar-refractivity contribution in [3.63, 3.8) is 0 Å². The fourth-order valence-corrected chi connectivity index (χ4v) is 2.80. The molecule has 1 aliphatic rings. The molecule has 0 saturated carbocycles. The van der Waals surface area contributed by atoms with Crippen LogP contribution in [0.25, 0.3) is 0 Å². The van der Waals surface area contributed by atoms with Gasteiger partial charge in [-0.15, -0.1) is 0 Å². The van der Waals surface area contributed by atoms with Crippen molar-refractivity contribution >= 4 is 23.5 Å². The highest BCUT2D eigenvalue weighted by molar-refractivity contribution is 6.39. The Balaban J connectivity index is 1.51. The molecule has 0 radical (unpaired) electrons. The number of hydrogen-bond donors (Lipinski definition) is 3. The number of benzene rings is 2. The first-order valence-corrected chi connectivity index (χ1v) is 8.69. The van der Waals surface area contributed by atoms with E-state index in [4.69, 9.17) is 4.74 Å². The number of carbonyl (C=O) groups is 3. The SMILES string of the molecule is COC(=O)c1ccc(NC(=O)C(=O)NCC(O)c2ccc3c(c2)CCO3)cc1. The molecule has 8 nitrogen and oxygen atoms in total. The Morgan fingerprint density at radius 3 is 2.61 bits per heavy atom. The van der Waals surface area contributed by atoms with E-state index in [0.717, 1.165) is 17.7 Å². The molecule has 2 aromatic carbocycles. The van der Waals surface area contributed by atoms with Gasteiger partial charge in [0.25, 0.3) is 0 Å². The number of fused-ring (bicyclic) bond motifs is 1. The number of ether oxygens (including phenoxy) is 2. The fourth-order valence-electron chi connectivity index (χ4n) is 2.80. The first-order valence-electron chi connectivity index (χ1n) is 8.69. The van der Waals surface area contributed by atoms with Crippen molar-refractivity contribution in [2.75, 3.05) is 25.6 Å². The van der Waals surface area contributed by atoms with E-state index in [1.807, 2.05) is 6.07 Å². The van der Waals surface area contributed by atoms with Crippen molar-refractivity contribution in [1.29, 1.82) is 0 Å². The van der Waals surface area contributed by atoms with E-state index in [0.29, 0.717) is 23.4 Å². The van der Waals surface area contributed by atoms with E-state index >= 15 is 0 Å². The average Bonchev–Trinajstić information content (AvgIpc) is 3.19. The van der Waals surface area contributed by atoms with Crippen molar-refractivity contribution in [1.82, 2.24) is 5.32 Å². The van der Waals surface area contributed by atoms with Gasteiger partial charge in [-0.3, -0.25) is 9.59 Å². The molecular weight excluding hydrogens is 364 g/mol. The molecular formula is C20H20N2O6. The van der Waals surface area contributed by atoms with Gasteiger partial charge in [-0.1, -0.05) is 6.07 Å². The van der Waals surface area contributed by atoms with Crippen LogP contribution in [0.3, 0.4) is 0 Å². The molecule has 0 bridgehead atoms. The molecule has 146 valence electrons. The van der Waals surface area contributed by atoms with Gasteiger partial charge >= 0.3 is 17.8 Å². The minimum Gasteiger partial charge on any atom is -0.493 e. The predicted molar refractivity (Wildman–Crippen MR) is 100 cm³/mol. The van der Waals surface area contributed by atoms with E-state index in [2.05, 4.69) is 15.4 Å². The molecule has 28 heavy (non-hydrogen) atoms. The van der Waals surface area contributed by atoms with Gasteiger partial charge in [0, 0.05) is 18.7 Å². The molecule has 0 aliphatic carbocycles. The lowest BCUT2D eigenvalue weighted by atomic mass is 10.0. The van der Waals surface area contributed by atoms with E-state index in [-0.39, 0.29) is 6.54 Å². The zero-order valence-corrected chi connectivity index (χ0v) is 15.2. The molecule has 1 unspecified atom stereocenters. The van der Waals surface area contributed by atoms with E-state index in [1.54, 1.807) is 12.1 Å². The highest BCUT2D eigenvalue weighted by Crippen LogP contribution is 2.28. The summed E-state index contributed by atoms with van der Waals surface area (Å²) in [6.45, 7) is 0.513. The minimum absolute atomic E-state index is 0.104. The molecule has 2 aromatic rings. The van der Waals surface area contributed by atoms with Gasteiger partial charge in [0.1, 0.15) is 5.75 Å². The zero-order chi connectivity index (χ0) is 20.1. The van der Waals surface area contributed by atoms with Crippen molar-refractivity contribution in [3.05, 3.63) is 59.2 Å². The van der Waals surface area contributed by atoms with Gasteiger partial charge < -0.3 is 25.2 Å². The molecule has 0 spiro atoms. The summed E-state index contributed by atoms with van der Waals surface area (Å²) in [4.78, 5) is 35.3. The Labute approximate surface area is 161 Å². The lowest BCUT2D eigenvalue weighted by molar-refractivity contribution is -0.136. The van der Waals surface area contributed by atoms with Crippen LogP contribution in [0, 0.1) is 0 Å². The van der Waals surface area contributed by atoms with Gasteiger partial charge in [-0.2, -0.15) is 0 Å². The first-order chi connectivity index (χ1) is 13.5. The highest BCUT2D eigenvalue weighted by atomic mass is 16.5. The number of anilines is 1. The van der Waals surface area contributed by atoms with Gasteiger partial charge in [-0.25, -0.2) is 4.79 Å². The molecule has 1 heterocycles. The average molecular weight is 384 g/mol. The van der Waals surface area contributed by atoms with Crippen LogP contribution in [-0.2, 0) is 20.7 Å². The Kier molecular flexibility index (Phi) is 5.90. The Bertz CT molecular complexity index is 894. The quantitative estimate of drug-likeness (QED) is 0.527. The van der Waals surface area contributed by atoms with Crippen LogP contribution >= 0.6 is 0 Å². The van der Waals surface area contributed by atoms with Crippen LogP contribution in [0.1, 0.15) is 27.6 Å². The second-order valence-electron chi connectivity index (χ2n) is 6.21. The summed E-state index contributed by atoms with van der Waals surface area (Å²) in [5.41, 5.74) is 2.33. The maximum atomic E-state index is 12.0. The number of esters is 1. The summed E-state index contributed by atoms with van der Waals surface area (Å²) in [6, 6.07) is 11.3. The lowest BCUT2D eigenvalue weighted by Gasteiger charge is -2.13. The molecule has 2 amide bonds. The Hall–Kier alpha value is -3.39. The molecule has 8 heteroatoms. The van der Waals surface area contributed by atoms with E-state index in [1.165, 1.54) is 31.4 Å². The van der Waals surface area contributed by atoms with Crippen molar-refractivity contribution in [2.24, 2.45) is 0 Å². The van der Waals surface area contributed by atoms with Crippen LogP contribution in [0.2, 0.25) is 0 Å². The van der Waals surface area contributed by atoms with E-state index < -0.39 is 23.9 Å². The first kappa shape index (κ1) is 19.4. The molecule has 1 atom stereocenters. The third-order valence-corrected chi connectivity index (χ3v) is 4.32. The van der Waals surface area contributed by atoms with Crippen molar-refractivity contribution < 1.29 is 29.0 Å². The molecule has 0 aromatic heterocycles. The maximum absolute atomic E-state index is 12.0. The third-order valence-electron chi connectivity index (χ3n) is 4.32. The van der Waals surface area contributed by atoms with Crippen molar-refractivity contribution in [2.45, 2.75) is 12.5 Å². The number of aliphatic hydroxyl groups excluding tert-OH is 1. The van der Waals surface area contributed by atoms with Gasteiger partial charge in [-0.05, 0) is 47.5 Å². The Morgan fingerprint density at radius 2 is 1.89 bits per heavy atom. The number of nitrogens with one attached hydrogen (secondary N) is 2. The fraction of sp³-hybridized carbons (Fsp3) is 0.250. The molecule has 0 saturated heterocycles. The molecule has 0 fully saturated rings. The topological polar surface area (TPSA) is 114 Å². The normalized spacial score (nSPS) is 13.1. The van der Waals surface area contributed by atoms with Crippen LogP contribution in [0.5, 0.6) is 5.75 Å². The largest absolute Gasteiger partial charge is 0.493 e. The summed E-state index contributed by atoms with van der Waals surface area (Å²) in [6.07, 6.45) is -0.165. The number of rotatable bonds is 5. The summed E-state index contributed by atoms with van der Waals surface area (Å²) in [7, 11) is 1.27. The number of carbonyl (C=O) groups excluding carboxylic acids is 3. The smallest absolute Gasteiger partial charge is 0.337 e. The monoisotopic (exact) mass is 384 g/mol. The van der Waals surface area contributed by atoms with Crippen molar-refractivity contribution in [3.8, 4) is 5.75 Å². The summed E-state index contributed by atoms with van der Waals surface area (Å²) >= 11 is 0. The number of methoxy groups -OCH3 is 1. The standard InChI is InChI=1S/C20H20N2O6/c1-27-20(26)12-2-5-15(6-3-12)22-19(25)18(24)21-11-16(23)13-4-7-17-14(10-13)8-9-28-17/h2-7,10,16,23H,8-9,11H2,1H3,(H,21,24)(H,22,25). The maximum Gasteiger partial charge on any atom is 0.337 e. The van der Waals surface area contributed by atoms with Crippen LogP contribution in [0.4, 0.5) is 5.69 Å². The summed E-state index contributed by atoms with van der Waals surface area (Å²) in [5, 5.41) is 15.1. The van der Waals surface area contributed by atoms with Gasteiger partial charge in [0.05, 0.1) is 25.4 Å². The lowest BCUT2D eigenvalue weighted by Crippen LogP contribution is -2.37. The molecule has 1 aliphatic heterocycles. The zero-order valence-electron chi connectivity index (χ0n) is 15.2. The third kappa shape index (κ3) is 4.47. The number of hydrogen-bond acceptors (Lipinski definition) is 6. The minimum atomic E-state index is -0.943. The highest BCUT2D eigenvalue weighted by Gasteiger charge is 2.18. The van der Waals surface area contributed by atoms with E-state index in [9.17, 15) is 19.5 Å². The summed E-state index contributed by atoms with van der Waals surface area (Å²) < 4.78 is 10.0. The van der Waals surface area contributed by atoms with Crippen LogP contribution in [0.15, 0.2) is 42.5 Å². The van der Waals surface area contributed by atoms with Crippen LogP contribution in [-0.4, -0.2) is 43.2 Å². The number of amides is 2. The second kappa shape index (κ2) is 8.53. The van der Waals surface area contributed by atoms with Gasteiger partial charge in [0.15, 0.2) is 0 Å². The molecule has 3 rings (SSSR count). The summed E-state index contributed by atoms with van der Waals surface area (Å²) in [5.74, 6) is -1.44. The second-order valence-corrected chi connectivity index (χ2v) is 6.21. The number of aliphatic hydroxyl groups is 1.